The summed E-state index contributed by atoms with van der Waals surface area (Å²) in [5.74, 6) is -2.01. The molecule has 0 heterocycles. The number of carbonyl (C=O) groups is 2. The van der Waals surface area contributed by atoms with Crippen LogP contribution in [0.1, 0.15) is 12.5 Å². The Balaban J connectivity index is 1.99. The number of nitrogens with one attached hydrogen (secondary N) is 1. The van der Waals surface area contributed by atoms with Gasteiger partial charge in [0.15, 0.2) is 6.10 Å². The summed E-state index contributed by atoms with van der Waals surface area (Å²) in [6.07, 6.45) is 1.05. The van der Waals surface area contributed by atoms with Crippen molar-refractivity contribution in [3.63, 3.8) is 0 Å². The predicted octanol–water partition coefficient (Wildman–Crippen LogP) is 5.37. The number of anilines is 1. The Morgan fingerprint density at radius 2 is 1.88 bits per heavy atom. The van der Waals surface area contributed by atoms with E-state index in [-0.39, 0.29) is 15.6 Å². The van der Waals surface area contributed by atoms with E-state index in [1.165, 1.54) is 43.3 Å². The average Bonchev–Trinajstić information content (AvgIpc) is 2.57. The van der Waals surface area contributed by atoms with Gasteiger partial charge in [0, 0.05) is 16.7 Å². The molecule has 0 aliphatic heterocycles. The zero-order chi connectivity index (χ0) is 19.3. The number of benzene rings is 2. The van der Waals surface area contributed by atoms with E-state index < -0.39 is 23.8 Å². The maximum absolute atomic E-state index is 13.6. The van der Waals surface area contributed by atoms with Gasteiger partial charge < -0.3 is 10.1 Å². The van der Waals surface area contributed by atoms with E-state index in [4.69, 9.17) is 39.5 Å². The smallest absolute Gasteiger partial charge is 0.331 e. The van der Waals surface area contributed by atoms with Gasteiger partial charge in [0.05, 0.1) is 15.7 Å². The second-order valence-corrected chi connectivity index (χ2v) is 6.41. The molecule has 0 fully saturated rings. The van der Waals surface area contributed by atoms with Crippen molar-refractivity contribution in [1.82, 2.24) is 0 Å². The molecule has 0 spiro atoms. The van der Waals surface area contributed by atoms with E-state index in [0.717, 1.165) is 6.08 Å². The highest BCUT2D eigenvalue weighted by atomic mass is 35.5. The number of esters is 1. The van der Waals surface area contributed by atoms with Crippen molar-refractivity contribution in [2.45, 2.75) is 13.0 Å². The maximum Gasteiger partial charge on any atom is 0.331 e. The van der Waals surface area contributed by atoms with E-state index in [2.05, 4.69) is 5.32 Å². The lowest BCUT2D eigenvalue weighted by atomic mass is 10.2. The molecule has 2 aromatic rings. The molecular formula is C18H13Cl3FNO3. The van der Waals surface area contributed by atoms with Crippen LogP contribution in [0.25, 0.3) is 6.08 Å². The van der Waals surface area contributed by atoms with E-state index in [1.807, 2.05) is 0 Å². The van der Waals surface area contributed by atoms with Gasteiger partial charge in [-0.1, -0.05) is 40.9 Å². The van der Waals surface area contributed by atoms with Gasteiger partial charge in [-0.05, 0) is 43.3 Å². The van der Waals surface area contributed by atoms with Crippen LogP contribution in [0.4, 0.5) is 10.1 Å². The van der Waals surface area contributed by atoms with Gasteiger partial charge in [0.25, 0.3) is 5.91 Å². The van der Waals surface area contributed by atoms with Crippen LogP contribution in [-0.4, -0.2) is 18.0 Å². The van der Waals surface area contributed by atoms with Crippen molar-refractivity contribution in [2.24, 2.45) is 0 Å². The molecule has 0 radical (unpaired) electrons. The van der Waals surface area contributed by atoms with Gasteiger partial charge in [-0.2, -0.15) is 0 Å². The monoisotopic (exact) mass is 415 g/mol. The third kappa shape index (κ3) is 5.46. The number of hydrogen-bond donors (Lipinski definition) is 1. The molecule has 1 atom stereocenters. The topological polar surface area (TPSA) is 55.4 Å². The molecule has 2 aromatic carbocycles. The van der Waals surface area contributed by atoms with Crippen LogP contribution in [0.2, 0.25) is 15.1 Å². The SMILES string of the molecule is CC(OC(=O)/C=C/c1c(F)cccc1Cl)C(=O)Nc1cc(Cl)ccc1Cl. The fourth-order valence-electron chi connectivity index (χ4n) is 1.92. The van der Waals surface area contributed by atoms with Crippen LogP contribution in [0.3, 0.4) is 0 Å². The molecule has 0 aliphatic carbocycles. The minimum Gasteiger partial charge on any atom is -0.449 e. The lowest BCUT2D eigenvalue weighted by Gasteiger charge is -2.13. The average molecular weight is 417 g/mol. The Kier molecular flexibility index (Phi) is 7.03. The van der Waals surface area contributed by atoms with Crippen molar-refractivity contribution < 1.29 is 18.7 Å². The molecular weight excluding hydrogens is 404 g/mol. The molecule has 8 heteroatoms. The van der Waals surface area contributed by atoms with Crippen LogP contribution in [0.5, 0.6) is 0 Å². The van der Waals surface area contributed by atoms with Gasteiger partial charge in [0.2, 0.25) is 0 Å². The molecule has 0 aromatic heterocycles. The number of carbonyl (C=O) groups excluding carboxylic acids is 2. The van der Waals surface area contributed by atoms with Gasteiger partial charge >= 0.3 is 5.97 Å². The summed E-state index contributed by atoms with van der Waals surface area (Å²) in [6.45, 7) is 1.38. The Morgan fingerprint density at radius 1 is 1.15 bits per heavy atom. The molecule has 4 nitrogen and oxygen atoms in total. The summed E-state index contributed by atoms with van der Waals surface area (Å²) in [5, 5.41) is 3.33. The third-order valence-electron chi connectivity index (χ3n) is 3.23. The number of halogens is 4. The van der Waals surface area contributed by atoms with Crippen molar-refractivity contribution in [3.8, 4) is 0 Å². The highest BCUT2D eigenvalue weighted by Crippen LogP contribution is 2.25. The van der Waals surface area contributed by atoms with Crippen molar-refractivity contribution in [2.75, 3.05) is 5.32 Å². The van der Waals surface area contributed by atoms with E-state index in [1.54, 1.807) is 6.07 Å². The van der Waals surface area contributed by atoms with Gasteiger partial charge in [-0.25, -0.2) is 9.18 Å². The number of ether oxygens (including phenoxy) is 1. The number of amides is 1. The molecule has 26 heavy (non-hydrogen) atoms. The standard InChI is InChI=1S/C18H13Cl3FNO3/c1-10(18(25)23-16-9-11(19)5-7-14(16)21)26-17(24)8-6-12-13(20)3-2-4-15(12)22/h2-10H,1H3,(H,23,25)/b8-6+. The lowest BCUT2D eigenvalue weighted by Crippen LogP contribution is -2.29. The summed E-state index contributed by atoms with van der Waals surface area (Å²) in [5.41, 5.74) is 0.342. The summed E-state index contributed by atoms with van der Waals surface area (Å²) in [7, 11) is 0. The first-order valence-corrected chi connectivity index (χ1v) is 8.50. The van der Waals surface area contributed by atoms with Crippen molar-refractivity contribution in [1.29, 1.82) is 0 Å². The molecule has 136 valence electrons. The van der Waals surface area contributed by atoms with Crippen LogP contribution in [0.15, 0.2) is 42.5 Å². The van der Waals surface area contributed by atoms with Crippen LogP contribution < -0.4 is 5.32 Å². The molecule has 1 unspecified atom stereocenters. The molecule has 0 aliphatic rings. The predicted molar refractivity (Wildman–Crippen MR) is 101 cm³/mol. The Hall–Kier alpha value is -2.08. The zero-order valence-corrected chi connectivity index (χ0v) is 15.7. The van der Waals surface area contributed by atoms with Crippen LogP contribution in [0, 0.1) is 5.82 Å². The number of hydrogen-bond acceptors (Lipinski definition) is 3. The molecule has 1 amide bonds. The molecule has 1 N–H and O–H groups in total. The van der Waals surface area contributed by atoms with Gasteiger partial charge in [-0.3, -0.25) is 4.79 Å². The van der Waals surface area contributed by atoms with Gasteiger partial charge in [-0.15, -0.1) is 0 Å². The number of rotatable bonds is 5. The lowest BCUT2D eigenvalue weighted by molar-refractivity contribution is -0.148. The normalized spacial score (nSPS) is 12.0. The highest BCUT2D eigenvalue weighted by molar-refractivity contribution is 6.35. The minimum absolute atomic E-state index is 0.0499. The Labute approximate surface area is 164 Å². The third-order valence-corrected chi connectivity index (χ3v) is 4.13. The van der Waals surface area contributed by atoms with E-state index >= 15 is 0 Å². The van der Waals surface area contributed by atoms with Crippen LogP contribution >= 0.6 is 34.8 Å². The van der Waals surface area contributed by atoms with E-state index in [0.29, 0.717) is 10.7 Å². The fraction of sp³-hybridized carbons (Fsp3) is 0.111. The van der Waals surface area contributed by atoms with Crippen molar-refractivity contribution in [3.05, 3.63) is 68.9 Å². The highest BCUT2D eigenvalue weighted by Gasteiger charge is 2.18. The summed E-state index contributed by atoms with van der Waals surface area (Å²) < 4.78 is 18.6. The summed E-state index contributed by atoms with van der Waals surface area (Å²) >= 11 is 17.7. The van der Waals surface area contributed by atoms with Crippen molar-refractivity contribution >= 4 is 58.4 Å². The quantitative estimate of drug-likeness (QED) is 0.526. The molecule has 0 saturated heterocycles. The second-order valence-electron chi connectivity index (χ2n) is 5.16. The molecule has 0 saturated carbocycles. The maximum atomic E-state index is 13.6. The zero-order valence-electron chi connectivity index (χ0n) is 13.4. The second kappa shape index (κ2) is 9.03. The van der Waals surface area contributed by atoms with E-state index in [9.17, 15) is 14.0 Å². The fourth-order valence-corrected chi connectivity index (χ4v) is 2.48. The largest absolute Gasteiger partial charge is 0.449 e. The summed E-state index contributed by atoms with van der Waals surface area (Å²) in [4.78, 5) is 23.9. The first kappa shape index (κ1) is 20.2. The molecule has 2 rings (SSSR count). The Morgan fingerprint density at radius 3 is 2.58 bits per heavy atom. The summed E-state index contributed by atoms with van der Waals surface area (Å²) in [6, 6.07) is 8.71. The first-order chi connectivity index (χ1) is 12.3. The van der Waals surface area contributed by atoms with Crippen LogP contribution in [-0.2, 0) is 14.3 Å². The Bertz CT molecular complexity index is 851. The molecule has 0 bridgehead atoms. The van der Waals surface area contributed by atoms with Gasteiger partial charge in [0.1, 0.15) is 5.82 Å². The minimum atomic E-state index is -1.11. The first-order valence-electron chi connectivity index (χ1n) is 7.36.